The number of rotatable bonds is 10. The first-order valence-electron chi connectivity index (χ1n) is 8.30. The number of aliphatic carboxylic acids is 1. The van der Waals surface area contributed by atoms with Crippen molar-refractivity contribution in [3.8, 4) is 0 Å². The van der Waals surface area contributed by atoms with Crippen molar-refractivity contribution >= 4 is 11.9 Å². The summed E-state index contributed by atoms with van der Waals surface area (Å²) in [7, 11) is 0. The molecular weight excluding hydrogens is 318 g/mol. The highest BCUT2D eigenvalue weighted by atomic mass is 16.5. The molecule has 132 valence electrons. The quantitative estimate of drug-likeness (QED) is 0.674. The lowest BCUT2D eigenvalue weighted by atomic mass is 10.2. The number of ether oxygens (including phenoxy) is 1. The second-order valence-electron chi connectivity index (χ2n) is 5.77. The fraction of sp³-hybridized carbons (Fsp3) is 0.300. The van der Waals surface area contributed by atoms with Crippen LogP contribution in [0.25, 0.3) is 0 Å². The number of benzene rings is 2. The molecule has 0 spiro atoms. The van der Waals surface area contributed by atoms with Gasteiger partial charge in [-0.05, 0) is 17.5 Å². The zero-order valence-electron chi connectivity index (χ0n) is 14.1. The monoisotopic (exact) mass is 341 g/mol. The summed E-state index contributed by atoms with van der Waals surface area (Å²) in [5.41, 5.74) is 2.00. The zero-order chi connectivity index (χ0) is 17.9. The molecule has 0 unspecified atom stereocenters. The van der Waals surface area contributed by atoms with Crippen molar-refractivity contribution in [2.24, 2.45) is 0 Å². The summed E-state index contributed by atoms with van der Waals surface area (Å²) in [5, 5.41) is 9.03. The SMILES string of the molecule is O=C(O)CN(Cc1ccccc1)C(=O)CCCOCc1ccccc1. The van der Waals surface area contributed by atoms with E-state index in [1.807, 2.05) is 60.7 Å². The van der Waals surface area contributed by atoms with E-state index in [-0.39, 0.29) is 18.9 Å². The van der Waals surface area contributed by atoms with E-state index in [0.717, 1.165) is 11.1 Å². The molecule has 0 aromatic heterocycles. The van der Waals surface area contributed by atoms with Gasteiger partial charge in [0.2, 0.25) is 5.91 Å². The Morgan fingerprint density at radius 3 is 2.12 bits per heavy atom. The van der Waals surface area contributed by atoms with Gasteiger partial charge in [0.1, 0.15) is 6.54 Å². The van der Waals surface area contributed by atoms with Crippen LogP contribution in [0.2, 0.25) is 0 Å². The summed E-state index contributed by atoms with van der Waals surface area (Å²) >= 11 is 0. The van der Waals surface area contributed by atoms with Crippen LogP contribution >= 0.6 is 0 Å². The Bertz CT molecular complexity index is 658. The Hall–Kier alpha value is -2.66. The first-order chi connectivity index (χ1) is 12.1. The van der Waals surface area contributed by atoms with Gasteiger partial charge >= 0.3 is 5.97 Å². The van der Waals surface area contributed by atoms with Crippen LogP contribution < -0.4 is 0 Å². The lowest BCUT2D eigenvalue weighted by molar-refractivity contribution is -0.145. The third-order valence-electron chi connectivity index (χ3n) is 3.69. The minimum absolute atomic E-state index is 0.172. The number of carbonyl (C=O) groups is 2. The van der Waals surface area contributed by atoms with Crippen LogP contribution in [0, 0.1) is 0 Å². The van der Waals surface area contributed by atoms with Gasteiger partial charge in [0.05, 0.1) is 6.61 Å². The average Bonchev–Trinajstić information content (AvgIpc) is 2.62. The Balaban J connectivity index is 1.75. The second-order valence-corrected chi connectivity index (χ2v) is 5.77. The van der Waals surface area contributed by atoms with Crippen molar-refractivity contribution in [3.05, 3.63) is 71.8 Å². The highest BCUT2D eigenvalue weighted by Gasteiger charge is 2.16. The van der Waals surface area contributed by atoms with E-state index in [0.29, 0.717) is 26.2 Å². The van der Waals surface area contributed by atoms with Gasteiger partial charge in [0.25, 0.3) is 0 Å². The minimum atomic E-state index is -1.01. The first kappa shape index (κ1) is 18.7. The van der Waals surface area contributed by atoms with E-state index >= 15 is 0 Å². The van der Waals surface area contributed by atoms with Crippen molar-refractivity contribution in [1.29, 1.82) is 0 Å². The molecular formula is C20H23NO4. The molecule has 0 saturated heterocycles. The summed E-state index contributed by atoms with van der Waals surface area (Å²) in [6.45, 7) is 0.986. The molecule has 2 rings (SSSR count). The van der Waals surface area contributed by atoms with Crippen LogP contribution in [0.1, 0.15) is 24.0 Å². The molecule has 2 aromatic rings. The van der Waals surface area contributed by atoms with E-state index in [1.54, 1.807) is 0 Å². The fourth-order valence-corrected chi connectivity index (χ4v) is 2.45. The normalized spacial score (nSPS) is 10.4. The molecule has 1 N–H and O–H groups in total. The Labute approximate surface area is 147 Å². The van der Waals surface area contributed by atoms with Gasteiger partial charge in [-0.15, -0.1) is 0 Å². The standard InChI is InChI=1S/C20H23NO4/c22-19(12-7-13-25-16-18-10-5-2-6-11-18)21(15-20(23)24)14-17-8-3-1-4-9-17/h1-6,8-11H,7,12-16H2,(H,23,24). The van der Waals surface area contributed by atoms with E-state index in [1.165, 1.54) is 4.90 Å². The van der Waals surface area contributed by atoms with Crippen molar-refractivity contribution < 1.29 is 19.4 Å². The van der Waals surface area contributed by atoms with Crippen LogP contribution in [0.5, 0.6) is 0 Å². The maximum atomic E-state index is 12.3. The second kappa shape index (κ2) is 10.3. The number of nitrogens with zero attached hydrogens (tertiary/aromatic N) is 1. The average molecular weight is 341 g/mol. The molecule has 0 aliphatic rings. The number of hydrogen-bond donors (Lipinski definition) is 1. The van der Waals surface area contributed by atoms with Crippen LogP contribution in [0.15, 0.2) is 60.7 Å². The van der Waals surface area contributed by atoms with E-state index in [2.05, 4.69) is 0 Å². The summed E-state index contributed by atoms with van der Waals surface area (Å²) in [6.07, 6.45) is 0.839. The Kier molecular flexibility index (Phi) is 7.66. The van der Waals surface area contributed by atoms with Crippen LogP contribution in [0.4, 0.5) is 0 Å². The molecule has 1 amide bonds. The molecule has 25 heavy (non-hydrogen) atoms. The Morgan fingerprint density at radius 2 is 1.52 bits per heavy atom. The summed E-state index contributed by atoms with van der Waals surface area (Å²) in [5.74, 6) is -1.18. The summed E-state index contributed by atoms with van der Waals surface area (Å²) < 4.78 is 5.56. The number of carbonyl (C=O) groups excluding carboxylic acids is 1. The highest BCUT2D eigenvalue weighted by molar-refractivity contribution is 5.81. The van der Waals surface area contributed by atoms with Gasteiger partial charge in [-0.25, -0.2) is 0 Å². The lowest BCUT2D eigenvalue weighted by Gasteiger charge is -2.21. The third kappa shape index (κ3) is 7.18. The molecule has 0 bridgehead atoms. The van der Waals surface area contributed by atoms with Gasteiger partial charge in [0.15, 0.2) is 0 Å². The van der Waals surface area contributed by atoms with Gasteiger partial charge in [0, 0.05) is 19.6 Å². The summed E-state index contributed by atoms with van der Waals surface area (Å²) in [4.78, 5) is 24.7. The highest BCUT2D eigenvalue weighted by Crippen LogP contribution is 2.08. The zero-order valence-corrected chi connectivity index (χ0v) is 14.1. The molecule has 5 heteroatoms. The molecule has 0 radical (unpaired) electrons. The van der Waals surface area contributed by atoms with Gasteiger partial charge < -0.3 is 14.7 Å². The van der Waals surface area contributed by atoms with Crippen molar-refractivity contribution in [2.75, 3.05) is 13.2 Å². The molecule has 0 fully saturated rings. The van der Waals surface area contributed by atoms with Crippen LogP contribution in [-0.2, 0) is 27.5 Å². The molecule has 0 saturated carbocycles. The fourth-order valence-electron chi connectivity index (χ4n) is 2.45. The number of amides is 1. The first-order valence-corrected chi connectivity index (χ1v) is 8.30. The molecule has 5 nitrogen and oxygen atoms in total. The predicted octanol–water partition coefficient (Wildman–Crippen LogP) is 3.10. The van der Waals surface area contributed by atoms with Crippen LogP contribution in [0.3, 0.4) is 0 Å². The van der Waals surface area contributed by atoms with Crippen molar-refractivity contribution in [1.82, 2.24) is 4.90 Å². The van der Waals surface area contributed by atoms with Gasteiger partial charge in [-0.2, -0.15) is 0 Å². The molecule has 0 heterocycles. The maximum Gasteiger partial charge on any atom is 0.323 e. The third-order valence-corrected chi connectivity index (χ3v) is 3.69. The van der Waals surface area contributed by atoms with E-state index < -0.39 is 5.97 Å². The topological polar surface area (TPSA) is 66.8 Å². The molecule has 0 atom stereocenters. The van der Waals surface area contributed by atoms with E-state index in [9.17, 15) is 9.59 Å². The van der Waals surface area contributed by atoms with Crippen molar-refractivity contribution in [2.45, 2.75) is 26.0 Å². The minimum Gasteiger partial charge on any atom is -0.480 e. The maximum absolute atomic E-state index is 12.3. The smallest absolute Gasteiger partial charge is 0.323 e. The number of hydrogen-bond acceptors (Lipinski definition) is 3. The molecule has 2 aromatic carbocycles. The predicted molar refractivity (Wildman–Crippen MR) is 94.8 cm³/mol. The lowest BCUT2D eigenvalue weighted by Crippen LogP contribution is -2.35. The Morgan fingerprint density at radius 1 is 0.920 bits per heavy atom. The van der Waals surface area contributed by atoms with Crippen LogP contribution in [-0.4, -0.2) is 35.0 Å². The van der Waals surface area contributed by atoms with E-state index in [4.69, 9.17) is 9.84 Å². The molecule has 0 aliphatic heterocycles. The van der Waals surface area contributed by atoms with Gasteiger partial charge in [-0.1, -0.05) is 60.7 Å². The molecule has 0 aliphatic carbocycles. The number of carboxylic acid groups (broad SMARTS) is 1. The van der Waals surface area contributed by atoms with Gasteiger partial charge in [-0.3, -0.25) is 9.59 Å². The largest absolute Gasteiger partial charge is 0.480 e. The van der Waals surface area contributed by atoms with Crippen molar-refractivity contribution in [3.63, 3.8) is 0 Å². The number of carboxylic acids is 1. The summed E-state index contributed by atoms with van der Waals surface area (Å²) in [6, 6.07) is 19.2.